The van der Waals surface area contributed by atoms with Crippen LogP contribution in [0.3, 0.4) is 0 Å². The van der Waals surface area contributed by atoms with E-state index in [1.807, 2.05) is 50.2 Å². The van der Waals surface area contributed by atoms with Crippen LogP contribution in [0, 0.1) is 13.8 Å². The van der Waals surface area contributed by atoms with E-state index in [0.29, 0.717) is 10.7 Å². The van der Waals surface area contributed by atoms with Gasteiger partial charge in [-0.3, -0.25) is 14.6 Å². The number of amides is 1. The summed E-state index contributed by atoms with van der Waals surface area (Å²) in [6, 6.07) is 15.0. The molecular weight excluding hydrogens is 388 g/mol. The summed E-state index contributed by atoms with van der Waals surface area (Å²) < 4.78 is 1.44. The summed E-state index contributed by atoms with van der Waals surface area (Å²) in [5, 5.41) is 15.7. The van der Waals surface area contributed by atoms with Gasteiger partial charge in [-0.05, 0) is 25.5 Å². The Morgan fingerprint density at radius 3 is 2.69 bits per heavy atom. The van der Waals surface area contributed by atoms with E-state index in [-0.39, 0.29) is 28.7 Å². The van der Waals surface area contributed by atoms with Crippen LogP contribution in [0.4, 0.5) is 5.69 Å². The number of nitrogens with zero attached hydrogens (tertiary/aromatic N) is 4. The van der Waals surface area contributed by atoms with Gasteiger partial charge in [0.15, 0.2) is 5.69 Å². The second kappa shape index (κ2) is 7.88. The van der Waals surface area contributed by atoms with Gasteiger partial charge in [0, 0.05) is 11.3 Å². The van der Waals surface area contributed by atoms with Crippen molar-refractivity contribution >= 4 is 29.1 Å². The fourth-order valence-electron chi connectivity index (χ4n) is 2.88. The lowest BCUT2D eigenvalue weighted by Crippen LogP contribution is -2.17. The van der Waals surface area contributed by atoms with Gasteiger partial charge in [0.1, 0.15) is 0 Å². The van der Waals surface area contributed by atoms with Crippen LogP contribution < -0.4 is 10.9 Å². The third-order valence-corrected chi connectivity index (χ3v) is 5.21. The van der Waals surface area contributed by atoms with E-state index in [9.17, 15) is 9.59 Å². The molecule has 29 heavy (non-hydrogen) atoms. The number of thioether (sulfide) groups is 1. The van der Waals surface area contributed by atoms with Crippen LogP contribution in [0.5, 0.6) is 0 Å². The van der Waals surface area contributed by atoms with Crippen molar-refractivity contribution < 1.29 is 4.79 Å². The highest BCUT2D eigenvalue weighted by Gasteiger charge is 2.15. The molecule has 9 heteroatoms. The minimum Gasteiger partial charge on any atom is -0.325 e. The summed E-state index contributed by atoms with van der Waals surface area (Å²) in [5.74, 6) is 0.202. The first-order valence-corrected chi connectivity index (χ1v) is 9.91. The number of hydrogen-bond acceptors (Lipinski definition) is 6. The lowest BCUT2D eigenvalue weighted by Gasteiger charge is -2.08. The molecule has 8 nitrogen and oxygen atoms in total. The van der Waals surface area contributed by atoms with Gasteiger partial charge >= 0.3 is 0 Å². The molecule has 0 aliphatic heterocycles. The first kappa shape index (κ1) is 18.9. The highest BCUT2D eigenvalue weighted by Crippen LogP contribution is 2.19. The first-order chi connectivity index (χ1) is 14.0. The molecule has 4 aromatic rings. The zero-order valence-electron chi connectivity index (χ0n) is 15.8. The number of nitrogens with one attached hydrogen (secondary N) is 2. The lowest BCUT2D eigenvalue weighted by atomic mass is 10.1. The molecule has 0 spiro atoms. The average molecular weight is 406 g/mol. The Labute approximate surface area is 170 Å². The van der Waals surface area contributed by atoms with Crippen molar-refractivity contribution in [2.75, 3.05) is 11.1 Å². The molecule has 2 N–H and O–H groups in total. The molecule has 0 unspecified atom stereocenters. The number of fused-ring (bicyclic) bond motifs is 1. The maximum Gasteiger partial charge on any atom is 0.279 e. The molecule has 146 valence electrons. The zero-order valence-corrected chi connectivity index (χ0v) is 16.7. The smallest absolute Gasteiger partial charge is 0.279 e. The SMILES string of the molecule is Cc1ccc(NC(=O)CSc2nnc3[nH]c(=O)c(-c4ccccc4)nn23)c(C)c1. The van der Waals surface area contributed by atoms with Gasteiger partial charge in [-0.25, -0.2) is 0 Å². The summed E-state index contributed by atoms with van der Waals surface area (Å²) in [6.45, 7) is 3.96. The maximum atomic E-state index is 12.4. The predicted molar refractivity (Wildman–Crippen MR) is 112 cm³/mol. The van der Waals surface area contributed by atoms with E-state index >= 15 is 0 Å². The van der Waals surface area contributed by atoms with Crippen molar-refractivity contribution in [3.63, 3.8) is 0 Å². The van der Waals surface area contributed by atoms with E-state index in [1.54, 1.807) is 12.1 Å². The number of benzene rings is 2. The fraction of sp³-hybridized carbons (Fsp3) is 0.150. The number of H-pyrrole nitrogens is 1. The van der Waals surface area contributed by atoms with Crippen molar-refractivity contribution in [3.05, 3.63) is 70.0 Å². The number of rotatable bonds is 5. The van der Waals surface area contributed by atoms with Gasteiger partial charge in [0.2, 0.25) is 11.1 Å². The molecule has 0 radical (unpaired) electrons. The number of anilines is 1. The highest BCUT2D eigenvalue weighted by atomic mass is 32.2. The third-order valence-electron chi connectivity index (χ3n) is 4.29. The molecule has 1 amide bonds. The Morgan fingerprint density at radius 1 is 1.14 bits per heavy atom. The molecule has 0 bridgehead atoms. The Balaban J connectivity index is 1.54. The van der Waals surface area contributed by atoms with Crippen molar-refractivity contribution in [1.29, 1.82) is 0 Å². The Hall–Kier alpha value is -3.46. The molecule has 0 atom stereocenters. The molecule has 2 aromatic carbocycles. The van der Waals surface area contributed by atoms with Crippen LogP contribution >= 0.6 is 11.8 Å². The topological polar surface area (TPSA) is 105 Å². The van der Waals surface area contributed by atoms with Crippen LogP contribution in [-0.4, -0.2) is 36.5 Å². The predicted octanol–water partition coefficient (Wildman–Crippen LogP) is 2.83. The summed E-state index contributed by atoms with van der Waals surface area (Å²) in [5.41, 5.74) is 3.52. The second-order valence-electron chi connectivity index (χ2n) is 6.54. The Morgan fingerprint density at radius 2 is 1.93 bits per heavy atom. The van der Waals surface area contributed by atoms with E-state index in [1.165, 1.54) is 16.3 Å². The standard InChI is InChI=1S/C20H18N6O2S/c1-12-8-9-15(13(2)10-12)21-16(27)11-29-20-24-23-19-22-18(28)17(25-26(19)20)14-6-4-3-5-7-14/h3-10H,11H2,1-2H3,(H,21,27)(H,22,23,28). The number of aromatic amines is 1. The first-order valence-electron chi connectivity index (χ1n) is 8.92. The van der Waals surface area contributed by atoms with Crippen LogP contribution in [0.1, 0.15) is 11.1 Å². The molecule has 0 aliphatic rings. The third kappa shape index (κ3) is 4.04. The largest absolute Gasteiger partial charge is 0.325 e. The lowest BCUT2D eigenvalue weighted by molar-refractivity contribution is -0.113. The molecular formula is C20H18N6O2S. The van der Waals surface area contributed by atoms with Crippen LogP contribution in [0.15, 0.2) is 58.5 Å². The minimum atomic E-state index is -0.347. The van der Waals surface area contributed by atoms with E-state index in [4.69, 9.17) is 0 Å². The summed E-state index contributed by atoms with van der Waals surface area (Å²) in [7, 11) is 0. The van der Waals surface area contributed by atoms with Gasteiger partial charge < -0.3 is 5.32 Å². The molecule has 0 fully saturated rings. The van der Waals surface area contributed by atoms with Gasteiger partial charge in [0.05, 0.1) is 5.75 Å². The normalized spacial score (nSPS) is 11.0. The van der Waals surface area contributed by atoms with E-state index in [0.717, 1.165) is 16.8 Å². The van der Waals surface area contributed by atoms with Crippen molar-refractivity contribution in [3.8, 4) is 11.3 Å². The zero-order chi connectivity index (χ0) is 20.4. The van der Waals surface area contributed by atoms with Gasteiger partial charge in [-0.1, -0.05) is 59.8 Å². The quantitative estimate of drug-likeness (QED) is 0.494. The number of aromatic nitrogens is 5. The Bertz CT molecular complexity index is 1250. The van der Waals surface area contributed by atoms with Crippen LogP contribution in [0.25, 0.3) is 17.0 Å². The summed E-state index contributed by atoms with van der Waals surface area (Å²) in [6.07, 6.45) is 0. The summed E-state index contributed by atoms with van der Waals surface area (Å²) >= 11 is 1.20. The minimum absolute atomic E-state index is 0.135. The van der Waals surface area contributed by atoms with E-state index < -0.39 is 0 Å². The van der Waals surface area contributed by atoms with Crippen molar-refractivity contribution in [1.82, 2.24) is 24.8 Å². The number of aryl methyl sites for hydroxylation is 2. The fourth-order valence-corrected chi connectivity index (χ4v) is 3.57. The van der Waals surface area contributed by atoms with Crippen LogP contribution in [-0.2, 0) is 4.79 Å². The highest BCUT2D eigenvalue weighted by molar-refractivity contribution is 7.99. The molecule has 0 saturated carbocycles. The molecule has 4 rings (SSSR count). The number of hydrogen-bond donors (Lipinski definition) is 2. The summed E-state index contributed by atoms with van der Waals surface area (Å²) in [4.78, 5) is 27.3. The number of carbonyl (C=O) groups excluding carboxylic acids is 1. The Kier molecular flexibility index (Phi) is 5.13. The van der Waals surface area contributed by atoms with Crippen LogP contribution in [0.2, 0.25) is 0 Å². The van der Waals surface area contributed by atoms with Gasteiger partial charge in [-0.15, -0.1) is 10.2 Å². The van der Waals surface area contributed by atoms with Gasteiger partial charge in [0.25, 0.3) is 11.3 Å². The molecule has 0 aliphatic carbocycles. The number of carbonyl (C=O) groups is 1. The van der Waals surface area contributed by atoms with Gasteiger partial charge in [-0.2, -0.15) is 9.61 Å². The average Bonchev–Trinajstić information content (AvgIpc) is 3.10. The molecule has 2 heterocycles. The molecule has 0 saturated heterocycles. The van der Waals surface area contributed by atoms with Crippen molar-refractivity contribution in [2.45, 2.75) is 19.0 Å². The molecule has 2 aromatic heterocycles. The monoisotopic (exact) mass is 406 g/mol. The van der Waals surface area contributed by atoms with E-state index in [2.05, 4.69) is 25.6 Å². The van der Waals surface area contributed by atoms with Crippen molar-refractivity contribution in [2.24, 2.45) is 0 Å². The maximum absolute atomic E-state index is 12.4. The second-order valence-corrected chi connectivity index (χ2v) is 7.48.